The SMILES string of the molecule is ClCCOCCCl.OCCOCCOCCO. The molecule has 106 valence electrons. The molecule has 0 aliphatic heterocycles. The molecule has 0 amide bonds. The van der Waals surface area contributed by atoms with Gasteiger partial charge in [-0.15, -0.1) is 23.2 Å². The van der Waals surface area contributed by atoms with Gasteiger partial charge in [-0.05, 0) is 0 Å². The summed E-state index contributed by atoms with van der Waals surface area (Å²) in [5, 5.41) is 16.5. The van der Waals surface area contributed by atoms with Crippen LogP contribution in [0, 0.1) is 0 Å². The zero-order valence-corrected chi connectivity index (χ0v) is 11.5. The first kappa shape index (κ1) is 19.7. The van der Waals surface area contributed by atoms with E-state index in [0.29, 0.717) is 51.4 Å². The second-order valence-electron chi connectivity index (χ2n) is 2.66. The van der Waals surface area contributed by atoms with Gasteiger partial charge >= 0.3 is 0 Å². The number of aliphatic hydroxyl groups excluding tert-OH is 2. The maximum atomic E-state index is 8.26. The lowest BCUT2D eigenvalue weighted by molar-refractivity contribution is 0.0222. The Kier molecular flexibility index (Phi) is 25.1. The van der Waals surface area contributed by atoms with E-state index in [2.05, 4.69) is 0 Å². The maximum Gasteiger partial charge on any atom is 0.0701 e. The van der Waals surface area contributed by atoms with Gasteiger partial charge in [0.2, 0.25) is 0 Å². The predicted molar refractivity (Wildman–Crippen MR) is 68.1 cm³/mol. The van der Waals surface area contributed by atoms with Crippen LogP contribution in [-0.4, -0.2) is 74.8 Å². The molecular formula is C10H22Cl2O5. The molecule has 0 spiro atoms. The molecule has 0 unspecified atom stereocenters. The molecule has 0 aromatic carbocycles. The molecule has 0 heterocycles. The van der Waals surface area contributed by atoms with E-state index in [1.54, 1.807) is 0 Å². The first-order valence-corrected chi connectivity index (χ1v) is 6.47. The van der Waals surface area contributed by atoms with Crippen molar-refractivity contribution in [3.8, 4) is 0 Å². The predicted octanol–water partition coefficient (Wildman–Crippen LogP) is 0.485. The van der Waals surface area contributed by atoms with Crippen LogP contribution in [0.25, 0.3) is 0 Å². The van der Waals surface area contributed by atoms with Crippen molar-refractivity contribution in [1.29, 1.82) is 0 Å². The smallest absolute Gasteiger partial charge is 0.0701 e. The molecule has 17 heavy (non-hydrogen) atoms. The molecule has 0 rings (SSSR count). The van der Waals surface area contributed by atoms with Gasteiger partial charge in [-0.2, -0.15) is 0 Å². The average Bonchev–Trinajstić information content (AvgIpc) is 2.35. The largest absolute Gasteiger partial charge is 0.394 e. The zero-order valence-electron chi connectivity index (χ0n) is 9.95. The van der Waals surface area contributed by atoms with E-state index in [-0.39, 0.29) is 13.2 Å². The summed E-state index contributed by atoms with van der Waals surface area (Å²) in [6.07, 6.45) is 0. The quantitative estimate of drug-likeness (QED) is 0.428. The average molecular weight is 293 g/mol. The summed E-state index contributed by atoms with van der Waals surface area (Å²) in [5.74, 6) is 1.10. The summed E-state index contributed by atoms with van der Waals surface area (Å²) in [4.78, 5) is 0. The molecule has 5 nitrogen and oxygen atoms in total. The minimum absolute atomic E-state index is 0.0417. The maximum absolute atomic E-state index is 8.26. The van der Waals surface area contributed by atoms with Crippen LogP contribution in [0.5, 0.6) is 0 Å². The molecule has 0 saturated heterocycles. The summed E-state index contributed by atoms with van der Waals surface area (Å²) < 4.78 is 14.6. The first-order valence-electron chi connectivity index (χ1n) is 5.40. The van der Waals surface area contributed by atoms with Gasteiger partial charge in [0.15, 0.2) is 0 Å². The van der Waals surface area contributed by atoms with Crippen molar-refractivity contribution in [1.82, 2.24) is 0 Å². The minimum Gasteiger partial charge on any atom is -0.394 e. The highest BCUT2D eigenvalue weighted by molar-refractivity contribution is 6.18. The van der Waals surface area contributed by atoms with Crippen molar-refractivity contribution >= 4 is 23.2 Å². The lowest BCUT2D eigenvalue weighted by Gasteiger charge is -2.01. The molecule has 0 aromatic heterocycles. The summed E-state index contributed by atoms with van der Waals surface area (Å²) in [6, 6.07) is 0. The third kappa shape index (κ3) is 26.2. The van der Waals surface area contributed by atoms with Crippen LogP contribution in [0.15, 0.2) is 0 Å². The molecule has 0 aromatic rings. The van der Waals surface area contributed by atoms with Crippen LogP contribution in [0.1, 0.15) is 0 Å². The first-order chi connectivity index (χ1) is 8.33. The molecule has 0 saturated carbocycles. The van der Waals surface area contributed by atoms with Crippen molar-refractivity contribution in [3.63, 3.8) is 0 Å². The van der Waals surface area contributed by atoms with E-state index in [4.69, 9.17) is 47.6 Å². The third-order valence-corrected chi connectivity index (χ3v) is 1.59. The Labute approximate surface area is 113 Å². The van der Waals surface area contributed by atoms with Gasteiger partial charge in [0.25, 0.3) is 0 Å². The molecule has 0 aliphatic rings. The number of alkyl halides is 2. The number of aliphatic hydroxyl groups is 2. The van der Waals surface area contributed by atoms with Crippen LogP contribution in [-0.2, 0) is 14.2 Å². The number of hydrogen-bond donors (Lipinski definition) is 2. The Morgan fingerprint density at radius 1 is 0.588 bits per heavy atom. The molecular weight excluding hydrogens is 271 g/mol. The highest BCUT2D eigenvalue weighted by Crippen LogP contribution is 1.80. The zero-order chi connectivity index (χ0) is 13.2. The normalized spacial score (nSPS) is 9.88. The van der Waals surface area contributed by atoms with E-state index in [9.17, 15) is 0 Å². The molecule has 0 radical (unpaired) electrons. The van der Waals surface area contributed by atoms with Crippen LogP contribution < -0.4 is 0 Å². The van der Waals surface area contributed by atoms with Crippen LogP contribution in [0.4, 0.5) is 0 Å². The lowest BCUT2D eigenvalue weighted by atomic mass is 10.7. The molecule has 2 N–H and O–H groups in total. The van der Waals surface area contributed by atoms with E-state index < -0.39 is 0 Å². The highest BCUT2D eigenvalue weighted by atomic mass is 35.5. The topological polar surface area (TPSA) is 68.2 Å². The Morgan fingerprint density at radius 2 is 0.941 bits per heavy atom. The van der Waals surface area contributed by atoms with E-state index in [1.165, 1.54) is 0 Å². The number of rotatable bonds is 11. The molecule has 0 atom stereocenters. The van der Waals surface area contributed by atoms with E-state index in [1.807, 2.05) is 0 Å². The summed E-state index contributed by atoms with van der Waals surface area (Å²) >= 11 is 10.5. The van der Waals surface area contributed by atoms with Crippen LogP contribution >= 0.6 is 23.2 Å². The third-order valence-electron chi connectivity index (χ3n) is 1.29. The number of hydrogen-bond acceptors (Lipinski definition) is 5. The van der Waals surface area contributed by atoms with Crippen molar-refractivity contribution in [2.75, 3.05) is 64.6 Å². The summed E-state index contributed by atoms with van der Waals surface area (Å²) in [5.41, 5.74) is 0. The second-order valence-corrected chi connectivity index (χ2v) is 3.42. The van der Waals surface area contributed by atoms with Gasteiger partial charge < -0.3 is 24.4 Å². The van der Waals surface area contributed by atoms with Crippen molar-refractivity contribution in [2.24, 2.45) is 0 Å². The number of ether oxygens (including phenoxy) is 3. The Hall–Kier alpha value is 0.380. The van der Waals surface area contributed by atoms with Gasteiger partial charge in [0, 0.05) is 11.8 Å². The molecule has 0 fully saturated rings. The van der Waals surface area contributed by atoms with Crippen LogP contribution in [0.2, 0.25) is 0 Å². The van der Waals surface area contributed by atoms with Gasteiger partial charge in [0.05, 0.1) is 52.9 Å². The van der Waals surface area contributed by atoms with Crippen molar-refractivity contribution in [2.45, 2.75) is 0 Å². The summed E-state index contributed by atoms with van der Waals surface area (Å²) in [6.45, 7) is 2.94. The van der Waals surface area contributed by atoms with Crippen molar-refractivity contribution < 1.29 is 24.4 Å². The fourth-order valence-electron chi connectivity index (χ4n) is 0.662. The van der Waals surface area contributed by atoms with Gasteiger partial charge in [-0.3, -0.25) is 0 Å². The Balaban J connectivity index is 0. The van der Waals surface area contributed by atoms with E-state index >= 15 is 0 Å². The fraction of sp³-hybridized carbons (Fsp3) is 1.00. The Morgan fingerprint density at radius 3 is 1.24 bits per heavy atom. The standard InChI is InChI=1S/C6H14O4.C4H8Cl2O/c7-1-3-9-5-6-10-4-2-8;5-1-3-7-4-2-6/h7-8H,1-6H2;1-4H2. The lowest BCUT2D eigenvalue weighted by Crippen LogP contribution is -2.09. The fourth-order valence-corrected chi connectivity index (χ4v) is 0.880. The van der Waals surface area contributed by atoms with Crippen LogP contribution in [0.3, 0.4) is 0 Å². The Bertz CT molecular complexity index is 107. The van der Waals surface area contributed by atoms with Gasteiger partial charge in [-0.25, -0.2) is 0 Å². The summed E-state index contributed by atoms with van der Waals surface area (Å²) in [7, 11) is 0. The number of halogens is 2. The molecule has 0 bridgehead atoms. The molecule has 7 heteroatoms. The second kappa shape index (κ2) is 21.6. The minimum atomic E-state index is 0.0417. The van der Waals surface area contributed by atoms with Gasteiger partial charge in [-0.1, -0.05) is 0 Å². The molecule has 0 aliphatic carbocycles. The highest BCUT2D eigenvalue weighted by Gasteiger charge is 1.86. The monoisotopic (exact) mass is 292 g/mol. The van der Waals surface area contributed by atoms with Crippen molar-refractivity contribution in [3.05, 3.63) is 0 Å². The van der Waals surface area contributed by atoms with Gasteiger partial charge in [0.1, 0.15) is 0 Å². The van der Waals surface area contributed by atoms with E-state index in [0.717, 1.165) is 0 Å².